The Morgan fingerprint density at radius 2 is 1.53 bits per heavy atom. The van der Waals surface area contributed by atoms with Crippen molar-refractivity contribution >= 4 is 23.6 Å². The van der Waals surface area contributed by atoms with E-state index in [1.54, 1.807) is 0 Å². The highest BCUT2D eigenvalue weighted by Gasteiger charge is 2.44. The Balaban J connectivity index is 1.78. The molecule has 2 aromatic carbocycles. The number of amides is 4. The number of rotatable bonds is 5. The largest absolute Gasteiger partial charge is 0.507 e. The number of nitrogens with zero attached hydrogens (tertiary/aromatic N) is 1. The number of ether oxygens (including phenoxy) is 1. The molecule has 0 aromatic heterocycles. The molecule has 2 aliphatic heterocycles. The lowest BCUT2D eigenvalue weighted by atomic mass is 9.88. The van der Waals surface area contributed by atoms with Crippen molar-refractivity contribution in [2.45, 2.75) is 50.5 Å². The van der Waals surface area contributed by atoms with Crippen molar-refractivity contribution < 1.29 is 56.1 Å². The molecule has 2 heterocycles. The highest BCUT2D eigenvalue weighted by atomic mass is 19.2. The van der Waals surface area contributed by atoms with Crippen LogP contribution in [0.2, 0.25) is 0 Å². The van der Waals surface area contributed by atoms with Gasteiger partial charge in [-0.2, -0.15) is 0 Å². The molecule has 6 atom stereocenters. The van der Waals surface area contributed by atoms with E-state index in [0.717, 1.165) is 4.90 Å². The summed E-state index contributed by atoms with van der Waals surface area (Å²) in [6.45, 7) is 2.71. The van der Waals surface area contributed by atoms with Crippen molar-refractivity contribution in [2.24, 2.45) is 11.8 Å². The Bertz CT molecular complexity index is 1480. The van der Waals surface area contributed by atoms with Gasteiger partial charge in [0.25, 0.3) is 5.91 Å². The first-order valence-corrected chi connectivity index (χ1v) is 13.9. The number of para-hydroxylation sites is 1. The lowest BCUT2D eigenvalue weighted by molar-refractivity contribution is -0.155. The summed E-state index contributed by atoms with van der Waals surface area (Å²) in [5.74, 6) is -17.4. The minimum Gasteiger partial charge on any atom is -0.507 e. The van der Waals surface area contributed by atoms with E-state index in [9.17, 15) is 51.3 Å². The molecule has 2 fully saturated rings. The molecular formula is C29H31F5N4O7. The van der Waals surface area contributed by atoms with Gasteiger partial charge in [0.2, 0.25) is 23.5 Å². The number of carbonyl (C=O) groups is 4. The summed E-state index contributed by atoms with van der Waals surface area (Å²) >= 11 is 0. The van der Waals surface area contributed by atoms with E-state index >= 15 is 0 Å². The molecule has 0 saturated carbocycles. The maximum atomic E-state index is 14.7. The lowest BCUT2D eigenvalue weighted by Gasteiger charge is -2.41. The van der Waals surface area contributed by atoms with Gasteiger partial charge in [-0.1, -0.05) is 19.1 Å². The van der Waals surface area contributed by atoms with Crippen LogP contribution in [0, 0.1) is 40.9 Å². The highest BCUT2D eigenvalue weighted by molar-refractivity contribution is 6.00. The van der Waals surface area contributed by atoms with E-state index in [1.165, 1.54) is 45.2 Å². The van der Waals surface area contributed by atoms with Crippen LogP contribution in [0.4, 0.5) is 22.0 Å². The van der Waals surface area contributed by atoms with Gasteiger partial charge in [-0.25, -0.2) is 22.0 Å². The second-order valence-corrected chi connectivity index (χ2v) is 11.1. The Kier molecular flexibility index (Phi) is 9.97. The molecule has 0 radical (unpaired) electrons. The standard InChI is InChI=1S/C29H31F5N4O7/c1-11-25(40)16(8-15-18(30)20(32)22(34)21(33)19(15)31)36-27(42)23(37-26(41)14-6-4-5-7-17(14)39)12(2)35-28(43)24(13-9-45-10-13)38(3)29(11)44/h4-7,11-13,16,23-25,39-40H,8-10H2,1-3H3,(H,35,43)(H,36,42)(H,37,41)/t11-,12-,16+,23+,24?,25+/m1/s1. The van der Waals surface area contributed by atoms with E-state index < -0.39 is 113 Å². The molecule has 2 aliphatic rings. The van der Waals surface area contributed by atoms with Gasteiger partial charge in [-0.15, -0.1) is 0 Å². The minimum absolute atomic E-state index is 0.0951. The molecule has 2 saturated heterocycles. The van der Waals surface area contributed by atoms with Crippen LogP contribution in [-0.4, -0.2) is 89.3 Å². The number of aromatic hydroxyl groups is 1. The zero-order valence-corrected chi connectivity index (χ0v) is 24.2. The highest BCUT2D eigenvalue weighted by Crippen LogP contribution is 2.27. The van der Waals surface area contributed by atoms with Gasteiger partial charge in [0, 0.05) is 24.9 Å². The maximum Gasteiger partial charge on any atom is 0.255 e. The first kappa shape index (κ1) is 33.6. The molecule has 0 spiro atoms. The summed E-state index contributed by atoms with van der Waals surface area (Å²) in [5.41, 5.74) is -1.62. The van der Waals surface area contributed by atoms with Crippen LogP contribution >= 0.6 is 0 Å². The second kappa shape index (κ2) is 13.4. The van der Waals surface area contributed by atoms with Crippen LogP contribution in [0.15, 0.2) is 24.3 Å². The molecule has 4 rings (SSSR count). The van der Waals surface area contributed by atoms with Gasteiger partial charge < -0.3 is 35.8 Å². The topological polar surface area (TPSA) is 157 Å². The molecule has 2 aromatic rings. The fourth-order valence-corrected chi connectivity index (χ4v) is 5.37. The summed E-state index contributed by atoms with van der Waals surface area (Å²) in [6, 6.07) is -0.639. The molecule has 16 heteroatoms. The lowest BCUT2D eigenvalue weighted by Crippen LogP contribution is -2.65. The fraction of sp³-hybridized carbons (Fsp3) is 0.448. The van der Waals surface area contributed by atoms with Gasteiger partial charge in [-0.05, 0) is 19.1 Å². The first-order chi connectivity index (χ1) is 21.1. The van der Waals surface area contributed by atoms with E-state index in [4.69, 9.17) is 4.74 Å². The number of likely N-dealkylation sites (N-methyl/N-ethyl adjacent to an activating group) is 1. The monoisotopic (exact) mass is 642 g/mol. The van der Waals surface area contributed by atoms with Gasteiger partial charge in [-0.3, -0.25) is 19.2 Å². The van der Waals surface area contributed by atoms with Crippen LogP contribution in [0.1, 0.15) is 29.8 Å². The average molecular weight is 643 g/mol. The van der Waals surface area contributed by atoms with Crippen molar-refractivity contribution in [1.29, 1.82) is 0 Å². The van der Waals surface area contributed by atoms with Crippen LogP contribution < -0.4 is 16.0 Å². The summed E-state index contributed by atoms with van der Waals surface area (Å²) in [6.07, 6.45) is -3.16. The number of nitrogens with one attached hydrogen (secondary N) is 3. The van der Waals surface area contributed by atoms with E-state index in [2.05, 4.69) is 16.0 Å². The van der Waals surface area contributed by atoms with Gasteiger partial charge in [0.05, 0.1) is 42.9 Å². The summed E-state index contributed by atoms with van der Waals surface area (Å²) in [7, 11) is 1.28. The predicted octanol–water partition coefficient (Wildman–Crippen LogP) is 0.902. The number of phenols is 1. The normalized spacial score (nSPS) is 26.7. The number of hydrogen-bond donors (Lipinski definition) is 5. The van der Waals surface area contributed by atoms with Crippen molar-refractivity contribution in [3.8, 4) is 5.75 Å². The zero-order valence-electron chi connectivity index (χ0n) is 24.2. The number of hydrogen-bond acceptors (Lipinski definition) is 7. The molecule has 11 nitrogen and oxygen atoms in total. The zero-order chi connectivity index (χ0) is 33.3. The molecular weight excluding hydrogens is 611 g/mol. The van der Waals surface area contributed by atoms with E-state index in [0.29, 0.717) is 0 Å². The van der Waals surface area contributed by atoms with Crippen LogP contribution in [-0.2, 0) is 25.5 Å². The number of aliphatic hydroxyl groups is 1. The SMILES string of the molecule is C[C@H]1NC(=O)C(C2COC2)N(C)C(=O)[C@H](C)[C@H](O)[C@H](Cc2c(F)c(F)c(F)c(F)c2F)NC(=O)[C@H]1NC(=O)c1ccccc1O. The Labute approximate surface area is 253 Å². The van der Waals surface area contributed by atoms with Crippen molar-refractivity contribution in [1.82, 2.24) is 20.9 Å². The molecule has 4 amide bonds. The quantitative estimate of drug-likeness (QED) is 0.184. The van der Waals surface area contributed by atoms with Gasteiger partial charge >= 0.3 is 0 Å². The first-order valence-electron chi connectivity index (χ1n) is 13.9. The summed E-state index contributed by atoms with van der Waals surface area (Å²) in [4.78, 5) is 54.7. The van der Waals surface area contributed by atoms with Crippen LogP contribution in [0.3, 0.4) is 0 Å². The number of aliphatic hydroxyl groups excluding tert-OH is 1. The molecule has 45 heavy (non-hydrogen) atoms. The Morgan fingerprint density at radius 1 is 0.956 bits per heavy atom. The van der Waals surface area contributed by atoms with E-state index in [-0.39, 0.29) is 18.8 Å². The molecule has 1 unspecified atom stereocenters. The van der Waals surface area contributed by atoms with Gasteiger partial charge in [0.1, 0.15) is 17.8 Å². The van der Waals surface area contributed by atoms with Crippen LogP contribution in [0.5, 0.6) is 5.75 Å². The number of halogens is 5. The van der Waals surface area contributed by atoms with Crippen molar-refractivity contribution in [3.63, 3.8) is 0 Å². The Morgan fingerprint density at radius 3 is 2.09 bits per heavy atom. The smallest absolute Gasteiger partial charge is 0.255 e. The summed E-state index contributed by atoms with van der Waals surface area (Å²) in [5, 5.41) is 28.6. The molecule has 0 bridgehead atoms. The third kappa shape index (κ3) is 6.56. The molecule has 0 aliphatic carbocycles. The molecule has 244 valence electrons. The van der Waals surface area contributed by atoms with Crippen LogP contribution in [0.25, 0.3) is 0 Å². The third-order valence-electron chi connectivity index (χ3n) is 8.10. The Hall–Kier alpha value is -4.31. The predicted molar refractivity (Wildman–Crippen MR) is 145 cm³/mol. The average Bonchev–Trinajstić information content (AvgIpc) is 2.98. The maximum absolute atomic E-state index is 14.7. The second-order valence-electron chi connectivity index (χ2n) is 11.1. The minimum atomic E-state index is -2.41. The fourth-order valence-electron chi connectivity index (χ4n) is 5.37. The van der Waals surface area contributed by atoms with E-state index in [1.807, 2.05) is 0 Å². The summed E-state index contributed by atoms with van der Waals surface area (Å²) < 4.78 is 76.4. The number of phenolic OH excluding ortho intramolecular Hbond substituents is 1. The molecule has 5 N–H and O–H groups in total. The van der Waals surface area contributed by atoms with Gasteiger partial charge in [0.15, 0.2) is 23.3 Å². The van der Waals surface area contributed by atoms with Crippen molar-refractivity contribution in [3.05, 3.63) is 64.5 Å². The third-order valence-corrected chi connectivity index (χ3v) is 8.10. The number of benzene rings is 2. The van der Waals surface area contributed by atoms with Crippen molar-refractivity contribution in [2.75, 3.05) is 20.3 Å². The number of carbonyl (C=O) groups excluding carboxylic acids is 4.